The molecule has 0 saturated carbocycles. The van der Waals surface area contributed by atoms with E-state index in [2.05, 4.69) is 149 Å². The first kappa shape index (κ1) is 26.6. The highest BCUT2D eigenvalue weighted by molar-refractivity contribution is 6.17. The molecule has 0 radical (unpaired) electrons. The molecule has 0 spiro atoms. The molecule has 0 fully saturated rings. The van der Waals surface area contributed by atoms with Gasteiger partial charge in [-0.1, -0.05) is 97.1 Å². The first-order valence-electron chi connectivity index (χ1n) is 16.8. The van der Waals surface area contributed by atoms with Gasteiger partial charge in [0.2, 0.25) is 5.71 Å². The van der Waals surface area contributed by atoms with E-state index in [9.17, 15) is 0 Å². The van der Waals surface area contributed by atoms with Gasteiger partial charge in [0.1, 0.15) is 11.1 Å². The Morgan fingerprint density at radius 2 is 1.47 bits per heavy atom. The summed E-state index contributed by atoms with van der Waals surface area (Å²) < 4.78 is 8.42. The van der Waals surface area contributed by atoms with E-state index in [0.717, 1.165) is 50.5 Å². The maximum absolute atomic E-state index is 6.18. The van der Waals surface area contributed by atoms with Crippen LogP contribution in [0.1, 0.15) is 23.5 Å². The van der Waals surface area contributed by atoms with Gasteiger partial charge >= 0.3 is 0 Å². The Kier molecular flexibility index (Phi) is 5.44. The molecule has 1 aliphatic heterocycles. The molecule has 49 heavy (non-hydrogen) atoms. The number of benzene rings is 6. The summed E-state index contributed by atoms with van der Waals surface area (Å²) in [5, 5.41) is 5.67. The Balaban J connectivity index is 1.06. The van der Waals surface area contributed by atoms with Gasteiger partial charge in [-0.15, -0.1) is 0 Å². The van der Waals surface area contributed by atoms with Crippen LogP contribution in [0.2, 0.25) is 0 Å². The standard InChI is InChI=1S/C44H28N4O/c1-2-11-30(12-3-1)47-36-16-8-6-14-32(36)34-24-28(18-21-38(34)47)29-19-22-39-35(25-29)33-15-7-9-17-37(33)48(39)41-26-45-44-43(46-41)42-31-13-5-4-10-27(31)20-23-40(42)49-44/h1-23,25-26,34H,24H2. The Morgan fingerprint density at radius 1 is 0.673 bits per heavy atom. The summed E-state index contributed by atoms with van der Waals surface area (Å²) in [4.78, 5) is 12.5. The van der Waals surface area contributed by atoms with Crippen LogP contribution >= 0.6 is 0 Å². The fourth-order valence-corrected chi connectivity index (χ4v) is 8.22. The van der Waals surface area contributed by atoms with Crippen molar-refractivity contribution in [3.8, 4) is 5.82 Å². The number of fused-ring (bicyclic) bond motifs is 11. The zero-order valence-electron chi connectivity index (χ0n) is 26.4. The molecule has 5 heteroatoms. The van der Waals surface area contributed by atoms with Crippen LogP contribution in [-0.4, -0.2) is 14.5 Å². The van der Waals surface area contributed by atoms with Crippen LogP contribution in [0.4, 0.5) is 11.4 Å². The molecule has 230 valence electrons. The van der Waals surface area contributed by atoms with Crippen molar-refractivity contribution in [2.45, 2.75) is 12.3 Å². The lowest BCUT2D eigenvalue weighted by Crippen LogP contribution is -2.15. The average Bonchev–Trinajstić information content (AvgIpc) is 3.82. The van der Waals surface area contributed by atoms with Gasteiger partial charge in [0, 0.05) is 33.8 Å². The monoisotopic (exact) mass is 628 g/mol. The molecule has 3 aromatic heterocycles. The molecule has 11 rings (SSSR count). The number of para-hydroxylation sites is 3. The minimum absolute atomic E-state index is 0.302. The van der Waals surface area contributed by atoms with Gasteiger partial charge < -0.3 is 9.32 Å². The van der Waals surface area contributed by atoms with Crippen molar-refractivity contribution in [2.75, 3.05) is 4.90 Å². The van der Waals surface area contributed by atoms with Crippen molar-refractivity contribution in [3.63, 3.8) is 0 Å². The van der Waals surface area contributed by atoms with E-state index >= 15 is 0 Å². The van der Waals surface area contributed by atoms with Gasteiger partial charge in [0.25, 0.3) is 0 Å². The van der Waals surface area contributed by atoms with Gasteiger partial charge in [-0.2, -0.15) is 0 Å². The molecule has 2 aliphatic rings. The average molecular weight is 629 g/mol. The summed E-state index contributed by atoms with van der Waals surface area (Å²) >= 11 is 0. The summed E-state index contributed by atoms with van der Waals surface area (Å²) in [7, 11) is 0. The molecule has 0 saturated heterocycles. The molecule has 0 amide bonds. The van der Waals surface area contributed by atoms with Gasteiger partial charge in [0.15, 0.2) is 5.82 Å². The predicted molar refractivity (Wildman–Crippen MR) is 200 cm³/mol. The maximum Gasteiger partial charge on any atom is 0.246 e. The molecule has 1 atom stereocenters. The van der Waals surface area contributed by atoms with Crippen LogP contribution in [0.5, 0.6) is 0 Å². The van der Waals surface area contributed by atoms with E-state index in [1.807, 2.05) is 12.3 Å². The van der Waals surface area contributed by atoms with E-state index in [4.69, 9.17) is 14.4 Å². The minimum atomic E-state index is 0.302. The highest BCUT2D eigenvalue weighted by Crippen LogP contribution is 2.52. The predicted octanol–water partition coefficient (Wildman–Crippen LogP) is 11.2. The topological polar surface area (TPSA) is 47.1 Å². The van der Waals surface area contributed by atoms with Crippen LogP contribution in [0, 0.1) is 0 Å². The number of nitrogens with zero attached hydrogens (tertiary/aromatic N) is 4. The Labute approximate surface area is 281 Å². The van der Waals surface area contributed by atoms with Crippen molar-refractivity contribution in [2.24, 2.45) is 0 Å². The summed E-state index contributed by atoms with van der Waals surface area (Å²) in [5.41, 5.74) is 12.1. The SMILES string of the molecule is C1=C(c2ccc3c(c2)c2ccccc2n3-c2cnc3oc4ccc5ccccc5c4c3n2)CC2C(=C1)N(c1ccccc1)c1ccccc12. The van der Waals surface area contributed by atoms with Crippen LogP contribution < -0.4 is 4.90 Å². The lowest BCUT2D eigenvalue weighted by molar-refractivity contribution is 0.652. The zero-order chi connectivity index (χ0) is 32.1. The van der Waals surface area contributed by atoms with Crippen molar-refractivity contribution >= 4 is 71.7 Å². The number of anilines is 2. The van der Waals surface area contributed by atoms with E-state index in [1.165, 1.54) is 44.5 Å². The van der Waals surface area contributed by atoms with Gasteiger partial charge in [-0.3, -0.25) is 4.57 Å². The maximum atomic E-state index is 6.18. The number of allylic oxidation sites excluding steroid dienone is 4. The third kappa shape index (κ3) is 3.81. The summed E-state index contributed by atoms with van der Waals surface area (Å²) in [6.45, 7) is 0. The van der Waals surface area contributed by atoms with E-state index in [-0.39, 0.29) is 0 Å². The molecule has 6 aromatic carbocycles. The number of rotatable bonds is 3. The molecule has 0 bridgehead atoms. The Hall–Kier alpha value is -6.46. The third-order valence-corrected chi connectivity index (χ3v) is 10.4. The molecule has 5 nitrogen and oxygen atoms in total. The van der Waals surface area contributed by atoms with E-state index < -0.39 is 0 Å². The van der Waals surface area contributed by atoms with E-state index in [0.29, 0.717) is 11.6 Å². The van der Waals surface area contributed by atoms with Gasteiger partial charge in [-0.05, 0) is 82.4 Å². The third-order valence-electron chi connectivity index (χ3n) is 10.4. The van der Waals surface area contributed by atoms with E-state index in [1.54, 1.807) is 0 Å². The summed E-state index contributed by atoms with van der Waals surface area (Å²) in [6, 6.07) is 47.5. The first-order valence-corrected chi connectivity index (χ1v) is 16.8. The lowest BCUT2D eigenvalue weighted by Gasteiger charge is -2.26. The van der Waals surface area contributed by atoms with Crippen molar-refractivity contribution in [1.29, 1.82) is 0 Å². The highest BCUT2D eigenvalue weighted by atomic mass is 16.3. The van der Waals surface area contributed by atoms with Crippen molar-refractivity contribution in [1.82, 2.24) is 14.5 Å². The van der Waals surface area contributed by atoms with Gasteiger partial charge in [0.05, 0.1) is 22.6 Å². The number of furan rings is 1. The van der Waals surface area contributed by atoms with Crippen LogP contribution in [0.25, 0.3) is 66.2 Å². The van der Waals surface area contributed by atoms with Gasteiger partial charge in [-0.25, -0.2) is 9.97 Å². The van der Waals surface area contributed by atoms with Crippen LogP contribution in [0.15, 0.2) is 162 Å². The number of hydrogen-bond donors (Lipinski definition) is 0. The molecule has 1 aliphatic carbocycles. The zero-order valence-corrected chi connectivity index (χ0v) is 26.4. The summed E-state index contributed by atoms with van der Waals surface area (Å²) in [5.74, 6) is 1.08. The Morgan fingerprint density at radius 3 is 2.41 bits per heavy atom. The quantitative estimate of drug-likeness (QED) is 0.195. The highest BCUT2D eigenvalue weighted by Gasteiger charge is 2.36. The normalized spacial score (nSPS) is 15.7. The Bertz CT molecular complexity index is 2880. The number of hydrogen-bond acceptors (Lipinski definition) is 4. The fraction of sp³-hybridized carbons (Fsp3) is 0.0455. The summed E-state index contributed by atoms with van der Waals surface area (Å²) in [6.07, 6.45) is 7.42. The molecular weight excluding hydrogens is 601 g/mol. The molecular formula is C44H28N4O. The van der Waals surface area contributed by atoms with Crippen molar-refractivity contribution < 1.29 is 4.42 Å². The fourth-order valence-electron chi connectivity index (χ4n) is 8.22. The minimum Gasteiger partial charge on any atom is -0.436 e. The second kappa shape index (κ2) is 10.0. The number of aromatic nitrogens is 3. The second-order valence-electron chi connectivity index (χ2n) is 13.0. The van der Waals surface area contributed by atoms with Crippen LogP contribution in [-0.2, 0) is 0 Å². The largest absolute Gasteiger partial charge is 0.436 e. The molecule has 9 aromatic rings. The lowest BCUT2D eigenvalue weighted by atomic mass is 9.84. The first-order chi connectivity index (χ1) is 24.3. The molecule has 0 N–H and O–H groups in total. The molecule has 1 unspecified atom stereocenters. The molecule has 4 heterocycles. The smallest absolute Gasteiger partial charge is 0.246 e. The second-order valence-corrected chi connectivity index (χ2v) is 13.0. The van der Waals surface area contributed by atoms with Crippen LogP contribution in [0.3, 0.4) is 0 Å². The van der Waals surface area contributed by atoms with Crippen molar-refractivity contribution in [3.05, 3.63) is 169 Å².